The maximum absolute atomic E-state index is 9.73. The van der Waals surface area contributed by atoms with E-state index < -0.39 is 5.97 Å². The number of carbonyl (C=O) groups is 1. The Kier molecular flexibility index (Phi) is 2.47. The number of aliphatic carboxylic acids is 1. The van der Waals surface area contributed by atoms with Crippen LogP contribution in [0.4, 0.5) is 0 Å². The van der Waals surface area contributed by atoms with Gasteiger partial charge in [-0.3, -0.25) is 0 Å². The quantitative estimate of drug-likeness (QED) is 0.378. The Bertz CT molecular complexity index is 118. The molecule has 0 aromatic carbocycles. The second-order valence-corrected chi connectivity index (χ2v) is 1.09. The molecular formula is C4H7NO3. The molecule has 0 aliphatic carbocycles. The summed E-state index contributed by atoms with van der Waals surface area (Å²) in [7, 11) is 1.30. The van der Waals surface area contributed by atoms with Gasteiger partial charge in [0.2, 0.25) is 0 Å². The van der Waals surface area contributed by atoms with Crippen molar-refractivity contribution >= 4 is 5.97 Å². The molecule has 0 saturated heterocycles. The first-order valence-electron chi connectivity index (χ1n) is 1.91. The Morgan fingerprint density at radius 3 is 2.50 bits per heavy atom. The third kappa shape index (κ3) is 3.02. The van der Waals surface area contributed by atoms with E-state index in [4.69, 9.17) is 10.8 Å². The minimum absolute atomic E-state index is 0.0995. The van der Waals surface area contributed by atoms with Crippen molar-refractivity contribution in [3.05, 3.63) is 12.0 Å². The lowest BCUT2D eigenvalue weighted by Crippen LogP contribution is -2.02. The summed E-state index contributed by atoms with van der Waals surface area (Å²) in [6.45, 7) is 0. The zero-order valence-corrected chi connectivity index (χ0v) is 4.42. The second-order valence-electron chi connectivity index (χ2n) is 1.09. The smallest absolute Gasteiger partial charge is 0.333 e. The lowest BCUT2D eigenvalue weighted by molar-refractivity contribution is -0.131. The van der Waals surface area contributed by atoms with E-state index in [0.717, 1.165) is 6.08 Å². The topological polar surface area (TPSA) is 72.5 Å². The molecule has 0 rings (SSSR count). The van der Waals surface area contributed by atoms with Gasteiger partial charge < -0.3 is 15.6 Å². The summed E-state index contributed by atoms with van der Waals surface area (Å²) in [6.07, 6.45) is 0.778. The minimum atomic E-state index is -1.11. The first-order valence-corrected chi connectivity index (χ1v) is 1.91. The largest absolute Gasteiger partial charge is 0.482 e. The average molecular weight is 117 g/mol. The third-order valence-corrected chi connectivity index (χ3v) is 0.501. The summed E-state index contributed by atoms with van der Waals surface area (Å²) in [4.78, 5) is 9.73. The number of hydrogen-bond acceptors (Lipinski definition) is 3. The van der Waals surface area contributed by atoms with Crippen molar-refractivity contribution in [2.45, 2.75) is 0 Å². The molecular weight excluding hydrogens is 110 g/mol. The van der Waals surface area contributed by atoms with Crippen molar-refractivity contribution in [3.63, 3.8) is 0 Å². The van der Waals surface area contributed by atoms with Gasteiger partial charge >= 0.3 is 5.97 Å². The average Bonchev–Trinajstić information content (AvgIpc) is 1.65. The van der Waals surface area contributed by atoms with Gasteiger partial charge in [-0.2, -0.15) is 0 Å². The molecule has 0 aromatic heterocycles. The lowest BCUT2D eigenvalue weighted by atomic mass is 10.6. The first-order chi connectivity index (χ1) is 3.66. The van der Waals surface area contributed by atoms with Crippen LogP contribution in [-0.2, 0) is 9.53 Å². The van der Waals surface area contributed by atoms with Gasteiger partial charge in [0.15, 0.2) is 5.88 Å². The fourth-order valence-electron chi connectivity index (χ4n) is 0.181. The highest BCUT2D eigenvalue weighted by atomic mass is 16.5. The van der Waals surface area contributed by atoms with E-state index in [0.29, 0.717) is 0 Å². The molecule has 0 spiro atoms. The molecule has 3 N–H and O–H groups in total. The third-order valence-electron chi connectivity index (χ3n) is 0.501. The van der Waals surface area contributed by atoms with Crippen molar-refractivity contribution in [2.75, 3.05) is 7.11 Å². The van der Waals surface area contributed by atoms with Crippen LogP contribution in [0, 0.1) is 0 Å². The zero-order valence-electron chi connectivity index (χ0n) is 4.42. The molecule has 0 fully saturated rings. The molecule has 0 atom stereocenters. The molecule has 46 valence electrons. The normalized spacial score (nSPS) is 10.9. The SMILES string of the molecule is COC(N)=CC(=O)O. The Labute approximate surface area is 46.6 Å². The maximum atomic E-state index is 9.73. The van der Waals surface area contributed by atoms with E-state index in [9.17, 15) is 4.79 Å². The number of rotatable bonds is 2. The molecule has 0 heterocycles. The molecule has 0 aliphatic rings. The number of nitrogens with two attached hydrogens (primary N) is 1. The van der Waals surface area contributed by atoms with Gasteiger partial charge in [0.1, 0.15) is 0 Å². The molecule has 0 bridgehead atoms. The summed E-state index contributed by atoms with van der Waals surface area (Å²) in [5, 5.41) is 7.98. The summed E-state index contributed by atoms with van der Waals surface area (Å²) in [5.74, 6) is -1.21. The Morgan fingerprint density at radius 1 is 1.88 bits per heavy atom. The van der Waals surface area contributed by atoms with Crippen molar-refractivity contribution in [3.8, 4) is 0 Å². The van der Waals surface area contributed by atoms with Crippen LogP contribution in [0.3, 0.4) is 0 Å². The number of carboxylic acid groups (broad SMARTS) is 1. The van der Waals surface area contributed by atoms with E-state index in [1.807, 2.05) is 0 Å². The van der Waals surface area contributed by atoms with Crippen molar-refractivity contribution in [2.24, 2.45) is 5.73 Å². The highest BCUT2D eigenvalue weighted by Crippen LogP contribution is 1.80. The highest BCUT2D eigenvalue weighted by Gasteiger charge is 1.90. The number of hydrogen-bond donors (Lipinski definition) is 2. The molecule has 0 aliphatic heterocycles. The van der Waals surface area contributed by atoms with Crippen LogP contribution >= 0.6 is 0 Å². The van der Waals surface area contributed by atoms with Crippen LogP contribution < -0.4 is 5.73 Å². The fourth-order valence-corrected chi connectivity index (χ4v) is 0.181. The van der Waals surface area contributed by atoms with Gasteiger partial charge in [0.05, 0.1) is 13.2 Å². The standard InChI is InChI=1S/C4H7NO3/c1-8-3(5)2-4(6)7/h2H,5H2,1H3,(H,6,7). The van der Waals surface area contributed by atoms with Crippen LogP contribution in [0.1, 0.15) is 0 Å². The summed E-state index contributed by atoms with van der Waals surface area (Å²) >= 11 is 0. The first kappa shape index (κ1) is 6.81. The Hall–Kier alpha value is -1.19. The predicted octanol–water partition coefficient (Wildman–Crippen LogP) is -0.482. The molecule has 0 amide bonds. The van der Waals surface area contributed by atoms with Gasteiger partial charge in [0.25, 0.3) is 0 Å². The zero-order chi connectivity index (χ0) is 6.57. The van der Waals surface area contributed by atoms with Crippen LogP contribution in [0.15, 0.2) is 12.0 Å². The molecule has 4 nitrogen and oxygen atoms in total. The van der Waals surface area contributed by atoms with E-state index >= 15 is 0 Å². The van der Waals surface area contributed by atoms with Gasteiger partial charge in [0, 0.05) is 0 Å². The number of carboxylic acids is 1. The van der Waals surface area contributed by atoms with E-state index in [-0.39, 0.29) is 5.88 Å². The molecule has 0 saturated carbocycles. The number of methoxy groups -OCH3 is 1. The monoisotopic (exact) mass is 117 g/mol. The summed E-state index contributed by atoms with van der Waals surface area (Å²) < 4.78 is 4.32. The van der Waals surface area contributed by atoms with Gasteiger partial charge in [-0.1, -0.05) is 0 Å². The van der Waals surface area contributed by atoms with Crippen molar-refractivity contribution in [1.82, 2.24) is 0 Å². The van der Waals surface area contributed by atoms with Crippen LogP contribution in [0.25, 0.3) is 0 Å². The van der Waals surface area contributed by atoms with Crippen molar-refractivity contribution < 1.29 is 14.6 Å². The van der Waals surface area contributed by atoms with Gasteiger partial charge in [-0.05, 0) is 0 Å². The molecule has 8 heavy (non-hydrogen) atoms. The van der Waals surface area contributed by atoms with Crippen LogP contribution in [0.5, 0.6) is 0 Å². The molecule has 0 unspecified atom stereocenters. The van der Waals surface area contributed by atoms with Gasteiger partial charge in [-0.15, -0.1) is 0 Å². The van der Waals surface area contributed by atoms with Crippen LogP contribution in [-0.4, -0.2) is 18.2 Å². The lowest BCUT2D eigenvalue weighted by Gasteiger charge is -1.92. The predicted molar refractivity (Wildman–Crippen MR) is 26.9 cm³/mol. The summed E-state index contributed by atoms with van der Waals surface area (Å²) in [6, 6.07) is 0. The van der Waals surface area contributed by atoms with E-state index in [1.54, 1.807) is 0 Å². The van der Waals surface area contributed by atoms with Crippen LogP contribution in [0.2, 0.25) is 0 Å². The summed E-state index contributed by atoms with van der Waals surface area (Å²) in [5.41, 5.74) is 4.93. The Morgan fingerprint density at radius 2 is 2.38 bits per heavy atom. The minimum Gasteiger partial charge on any atom is -0.482 e. The van der Waals surface area contributed by atoms with E-state index in [2.05, 4.69) is 4.74 Å². The fraction of sp³-hybridized carbons (Fsp3) is 0.250. The van der Waals surface area contributed by atoms with Gasteiger partial charge in [-0.25, -0.2) is 4.79 Å². The van der Waals surface area contributed by atoms with E-state index in [1.165, 1.54) is 7.11 Å². The maximum Gasteiger partial charge on any atom is 0.333 e. The molecule has 0 aromatic rings. The molecule has 0 radical (unpaired) electrons. The highest BCUT2D eigenvalue weighted by molar-refractivity contribution is 5.80. The van der Waals surface area contributed by atoms with Crippen molar-refractivity contribution in [1.29, 1.82) is 0 Å². The number of ether oxygens (including phenoxy) is 1. The Balaban J connectivity index is 3.75. The second kappa shape index (κ2) is 2.90. The molecule has 4 heteroatoms.